The minimum absolute atomic E-state index is 0.685. The van der Waals surface area contributed by atoms with Gasteiger partial charge in [0.15, 0.2) is 0 Å². The number of rotatable bonds is 2. The zero-order valence-corrected chi connectivity index (χ0v) is 7.55. The highest BCUT2D eigenvalue weighted by Crippen LogP contribution is 2.22. The number of benzene rings is 1. The zero-order chi connectivity index (χ0) is 8.39. The second kappa shape index (κ2) is 3.46. The van der Waals surface area contributed by atoms with E-state index in [0.717, 1.165) is 24.7 Å². The fourth-order valence-electron chi connectivity index (χ4n) is 1.38. The summed E-state index contributed by atoms with van der Waals surface area (Å²) in [5.41, 5.74) is 1.24. The lowest BCUT2D eigenvalue weighted by Crippen LogP contribution is -2.29. The van der Waals surface area contributed by atoms with Gasteiger partial charge in [0.2, 0.25) is 0 Å². The van der Waals surface area contributed by atoms with Crippen LogP contribution in [0.25, 0.3) is 0 Å². The van der Waals surface area contributed by atoms with Crippen molar-refractivity contribution in [3.05, 3.63) is 34.9 Å². The third kappa shape index (κ3) is 1.62. The summed E-state index contributed by atoms with van der Waals surface area (Å²) < 4.78 is 5.10. The first kappa shape index (κ1) is 8.09. The molecule has 0 amide bonds. The minimum atomic E-state index is 0.685. The number of halogens is 1. The summed E-state index contributed by atoms with van der Waals surface area (Å²) in [4.78, 5) is 0. The summed E-state index contributed by atoms with van der Waals surface area (Å²) in [6.07, 6.45) is 1.06. The third-order valence-corrected chi connectivity index (χ3v) is 2.54. The van der Waals surface area contributed by atoms with Crippen LogP contribution >= 0.6 is 11.6 Å². The summed E-state index contributed by atoms with van der Waals surface area (Å²) in [5, 5.41) is 0.879. The first-order chi connectivity index (χ1) is 5.86. The molecule has 1 nitrogen and oxygen atoms in total. The first-order valence-corrected chi connectivity index (χ1v) is 4.55. The average Bonchev–Trinajstić information content (AvgIpc) is 2.00. The molecule has 1 heterocycles. The maximum atomic E-state index is 6.01. The summed E-state index contributed by atoms with van der Waals surface area (Å²) in [6, 6.07) is 8.01. The van der Waals surface area contributed by atoms with Crippen LogP contribution in [0.1, 0.15) is 5.56 Å². The van der Waals surface area contributed by atoms with Crippen molar-refractivity contribution in [1.29, 1.82) is 0 Å². The van der Waals surface area contributed by atoms with Crippen molar-refractivity contribution in [2.45, 2.75) is 6.42 Å². The fourth-order valence-corrected chi connectivity index (χ4v) is 1.59. The summed E-state index contributed by atoms with van der Waals surface area (Å²) in [6.45, 7) is 1.79. The Hall–Kier alpha value is -0.530. The second-order valence-corrected chi connectivity index (χ2v) is 3.61. The van der Waals surface area contributed by atoms with Crippen molar-refractivity contribution in [3.8, 4) is 0 Å². The number of hydrogen-bond donors (Lipinski definition) is 0. The molecule has 0 saturated carbocycles. The first-order valence-electron chi connectivity index (χ1n) is 4.17. The van der Waals surface area contributed by atoms with Crippen LogP contribution in [0.3, 0.4) is 0 Å². The van der Waals surface area contributed by atoms with Gasteiger partial charge in [0.25, 0.3) is 0 Å². The largest absolute Gasteiger partial charge is 0.381 e. The summed E-state index contributed by atoms with van der Waals surface area (Å²) >= 11 is 6.01. The fraction of sp³-hybridized carbons (Fsp3) is 0.400. The smallest absolute Gasteiger partial charge is 0.0519 e. The predicted molar refractivity (Wildman–Crippen MR) is 49.5 cm³/mol. The van der Waals surface area contributed by atoms with Crippen molar-refractivity contribution in [2.24, 2.45) is 5.92 Å². The second-order valence-electron chi connectivity index (χ2n) is 3.20. The zero-order valence-electron chi connectivity index (χ0n) is 6.79. The molecular formula is C10H11ClO. The van der Waals surface area contributed by atoms with Gasteiger partial charge in [-0.15, -0.1) is 0 Å². The van der Waals surface area contributed by atoms with Gasteiger partial charge in [-0.3, -0.25) is 0 Å². The van der Waals surface area contributed by atoms with Crippen LogP contribution in [0.2, 0.25) is 5.02 Å². The lowest BCUT2D eigenvalue weighted by atomic mass is 9.98. The molecule has 0 spiro atoms. The molecule has 64 valence electrons. The molecule has 1 fully saturated rings. The van der Waals surface area contributed by atoms with E-state index in [0.29, 0.717) is 5.92 Å². The normalized spacial score (nSPS) is 17.4. The molecule has 1 aliphatic rings. The van der Waals surface area contributed by atoms with Crippen LogP contribution in [0.5, 0.6) is 0 Å². The Bertz CT molecular complexity index is 268. The van der Waals surface area contributed by atoms with E-state index < -0.39 is 0 Å². The van der Waals surface area contributed by atoms with Gasteiger partial charge in [-0.2, -0.15) is 0 Å². The van der Waals surface area contributed by atoms with Crippen molar-refractivity contribution in [1.82, 2.24) is 0 Å². The molecule has 0 bridgehead atoms. The highest BCUT2D eigenvalue weighted by Gasteiger charge is 2.19. The quantitative estimate of drug-likeness (QED) is 0.683. The molecule has 0 unspecified atom stereocenters. The molecule has 0 atom stereocenters. The van der Waals surface area contributed by atoms with E-state index in [1.165, 1.54) is 5.56 Å². The predicted octanol–water partition coefficient (Wildman–Crippen LogP) is 2.53. The van der Waals surface area contributed by atoms with E-state index in [2.05, 4.69) is 6.07 Å². The van der Waals surface area contributed by atoms with Crippen LogP contribution < -0.4 is 0 Å². The summed E-state index contributed by atoms with van der Waals surface area (Å²) in [5.74, 6) is 0.685. The lowest BCUT2D eigenvalue weighted by molar-refractivity contribution is -0.0312. The third-order valence-electron chi connectivity index (χ3n) is 2.17. The van der Waals surface area contributed by atoms with Crippen molar-refractivity contribution in [3.63, 3.8) is 0 Å². The molecule has 1 aliphatic heterocycles. The molecule has 0 radical (unpaired) electrons. The Kier molecular flexibility index (Phi) is 2.33. The topological polar surface area (TPSA) is 9.23 Å². The monoisotopic (exact) mass is 182 g/mol. The van der Waals surface area contributed by atoms with Gasteiger partial charge in [0.1, 0.15) is 0 Å². The number of hydrogen-bond acceptors (Lipinski definition) is 1. The van der Waals surface area contributed by atoms with Gasteiger partial charge in [-0.1, -0.05) is 29.8 Å². The van der Waals surface area contributed by atoms with Crippen molar-refractivity contribution in [2.75, 3.05) is 13.2 Å². The van der Waals surface area contributed by atoms with E-state index >= 15 is 0 Å². The molecule has 0 N–H and O–H groups in total. The van der Waals surface area contributed by atoms with E-state index in [-0.39, 0.29) is 0 Å². The van der Waals surface area contributed by atoms with E-state index in [4.69, 9.17) is 16.3 Å². The van der Waals surface area contributed by atoms with Crippen LogP contribution in [0.4, 0.5) is 0 Å². The molecular weight excluding hydrogens is 172 g/mol. The lowest BCUT2D eigenvalue weighted by Gasteiger charge is -2.26. The molecule has 2 heteroatoms. The van der Waals surface area contributed by atoms with Crippen molar-refractivity contribution < 1.29 is 4.74 Å². The van der Waals surface area contributed by atoms with Crippen LogP contribution in [-0.2, 0) is 11.2 Å². The standard InChI is InChI=1S/C10H11ClO/c11-10-4-2-1-3-9(10)5-8-6-12-7-8/h1-4,8H,5-7H2. The highest BCUT2D eigenvalue weighted by atomic mass is 35.5. The van der Waals surface area contributed by atoms with Crippen molar-refractivity contribution >= 4 is 11.6 Å². The van der Waals surface area contributed by atoms with Gasteiger partial charge in [0.05, 0.1) is 13.2 Å². The molecule has 1 aromatic rings. The number of ether oxygens (including phenoxy) is 1. The maximum absolute atomic E-state index is 6.01. The highest BCUT2D eigenvalue weighted by molar-refractivity contribution is 6.31. The SMILES string of the molecule is Clc1ccccc1CC1COC1. The Morgan fingerprint density at radius 1 is 1.33 bits per heavy atom. The Balaban J connectivity index is 2.06. The van der Waals surface area contributed by atoms with Crippen LogP contribution in [0.15, 0.2) is 24.3 Å². The molecule has 2 rings (SSSR count). The molecule has 0 aromatic heterocycles. The van der Waals surface area contributed by atoms with Crippen LogP contribution in [0, 0.1) is 5.92 Å². The Labute approximate surface area is 77.3 Å². The van der Waals surface area contributed by atoms with Gasteiger partial charge in [-0.05, 0) is 18.1 Å². The Morgan fingerprint density at radius 2 is 2.08 bits per heavy atom. The van der Waals surface area contributed by atoms with E-state index in [1.54, 1.807) is 0 Å². The van der Waals surface area contributed by atoms with Gasteiger partial charge in [-0.25, -0.2) is 0 Å². The molecule has 0 aliphatic carbocycles. The van der Waals surface area contributed by atoms with Gasteiger partial charge in [0, 0.05) is 10.9 Å². The van der Waals surface area contributed by atoms with Gasteiger partial charge >= 0.3 is 0 Å². The Morgan fingerprint density at radius 3 is 2.67 bits per heavy atom. The molecule has 1 saturated heterocycles. The van der Waals surface area contributed by atoms with Gasteiger partial charge < -0.3 is 4.74 Å². The van der Waals surface area contributed by atoms with Crippen LogP contribution in [-0.4, -0.2) is 13.2 Å². The maximum Gasteiger partial charge on any atom is 0.0519 e. The molecule has 1 aromatic carbocycles. The molecule has 12 heavy (non-hydrogen) atoms. The minimum Gasteiger partial charge on any atom is -0.381 e. The average molecular weight is 183 g/mol. The summed E-state index contributed by atoms with van der Waals surface area (Å²) in [7, 11) is 0. The van der Waals surface area contributed by atoms with E-state index in [1.807, 2.05) is 18.2 Å². The van der Waals surface area contributed by atoms with E-state index in [9.17, 15) is 0 Å².